The van der Waals surface area contributed by atoms with Crippen molar-refractivity contribution in [3.63, 3.8) is 0 Å². The van der Waals surface area contributed by atoms with Crippen LogP contribution in [0.5, 0.6) is 0 Å². The number of hydrogen-bond donors (Lipinski definition) is 3. The van der Waals surface area contributed by atoms with Gasteiger partial charge in [0, 0.05) is 21.7 Å². The minimum Gasteiger partial charge on any atom is 0 e. The molecule has 1 rings (SSSR count). The molecule has 0 unspecified atom stereocenters. The monoisotopic (exact) mass is 656 g/mol. The van der Waals surface area contributed by atoms with Crippen molar-refractivity contribution in [2.75, 3.05) is 6.61 Å². The van der Waals surface area contributed by atoms with Gasteiger partial charge in [0.15, 0.2) is 0 Å². The number of unbranched alkanes of at least 4 members (excludes halogenated alkanes) is 9. The molecule has 0 amide bonds. The Morgan fingerprint density at radius 2 is 1.11 bits per heavy atom. The molecule has 3 N–H and O–H groups in total. The second kappa shape index (κ2) is 27.8. The first-order valence-corrected chi connectivity index (χ1v) is 14.7. The fourth-order valence-corrected chi connectivity index (χ4v) is 3.38. The number of rotatable bonds is 13. The van der Waals surface area contributed by atoms with Crippen LogP contribution >= 0.6 is 0 Å². The molecule has 0 aliphatic rings. The van der Waals surface area contributed by atoms with Crippen LogP contribution in [-0.4, -0.2) is 36.7 Å². The van der Waals surface area contributed by atoms with E-state index in [1.165, 1.54) is 51.4 Å². The molecule has 0 aliphatic heterocycles. The third kappa shape index (κ3) is 46.5. The van der Waals surface area contributed by atoms with Crippen LogP contribution in [0.2, 0.25) is 0 Å². The number of benzene rings is 1. The second-order valence-electron chi connectivity index (χ2n) is 6.61. The average Bonchev–Trinajstić information content (AvgIpc) is 2.64. The Labute approximate surface area is 293 Å². The summed E-state index contributed by atoms with van der Waals surface area (Å²) in [5.41, 5.74) is 0. The Hall–Kier alpha value is 2.23. The normalized spacial score (nSPS) is 10.6. The van der Waals surface area contributed by atoms with Gasteiger partial charge in [-0.25, -0.2) is 0 Å². The molecule has 0 bridgehead atoms. The van der Waals surface area contributed by atoms with E-state index in [4.69, 9.17) is 37.4 Å². The predicted octanol–water partition coefficient (Wildman–Crippen LogP) is -2.03. The third-order valence-corrected chi connectivity index (χ3v) is 5.09. The van der Waals surface area contributed by atoms with Crippen molar-refractivity contribution < 1.29 is 164 Å². The quantitative estimate of drug-likeness (QED) is 0.0920. The van der Waals surface area contributed by atoms with E-state index in [1.807, 2.05) is 0 Å². The fourth-order valence-electron chi connectivity index (χ4n) is 2.41. The van der Waals surface area contributed by atoms with Gasteiger partial charge in [-0.15, -0.1) is 0 Å². The largest absolute Gasteiger partial charge is 0 e. The van der Waals surface area contributed by atoms with E-state index >= 15 is 0 Å². The van der Waals surface area contributed by atoms with Gasteiger partial charge in [-0.2, -0.15) is 16.8 Å². The molecular weight excluding hydrogens is 621 g/mol. The van der Waals surface area contributed by atoms with E-state index in [0.717, 1.165) is 12.8 Å². The molecule has 0 spiro atoms. The fraction of sp³-hybridized carbons (Fsp3) is 0.667. The van der Waals surface area contributed by atoms with E-state index in [1.54, 1.807) is 30.3 Å². The Morgan fingerprint density at radius 3 is 1.46 bits per heavy atom. The zero-order chi connectivity index (χ0) is 25.1. The summed E-state index contributed by atoms with van der Waals surface area (Å²) < 4.78 is 93.4. The maximum Gasteiger partial charge on any atom is 0 e. The molecule has 0 saturated heterocycles. The summed E-state index contributed by atoms with van der Waals surface area (Å²) in [4.78, 5) is 0.238. The maximum absolute atomic E-state index is 11.9. The SMILES string of the molecule is CCCCCCCCCCCCOS(=O)(=O)c1ccccc1.O=S(=O)(O)O.[H-].[H-].[K+].[Na+].[O]=[Mn](=[O])(=[O])[OH].[Ti]. The Kier molecular flexibility index (Phi) is 37.3. The van der Waals surface area contributed by atoms with Gasteiger partial charge in [0.25, 0.3) is 10.1 Å². The molecule has 0 fully saturated rings. The topological polar surface area (TPSA) is 189 Å². The molecule has 11 nitrogen and oxygen atoms in total. The molecule has 35 heavy (non-hydrogen) atoms. The smallest absolute Gasteiger partial charge is 0 e. The van der Waals surface area contributed by atoms with Gasteiger partial charge in [-0.3, -0.25) is 13.3 Å². The molecule has 0 heterocycles. The van der Waals surface area contributed by atoms with Crippen molar-refractivity contribution in [1.29, 1.82) is 0 Å². The summed E-state index contributed by atoms with van der Waals surface area (Å²) in [6.07, 6.45) is 12.3. The molecule has 0 aliphatic carbocycles. The molecule has 0 radical (unpaired) electrons. The van der Waals surface area contributed by atoms with Gasteiger partial charge in [0.05, 0.1) is 11.5 Å². The van der Waals surface area contributed by atoms with Gasteiger partial charge in [-0.1, -0.05) is 82.9 Å². The first-order chi connectivity index (χ1) is 14.7. The standard InChI is InChI=1S/C18H30O3S.K.Mn.Na.H2O4S.H2O.3O.Ti.2H/c1-2-3-4-5-6-7-8-9-10-14-17-21-22(19,20)18-15-12-11-13-16-18;;;;1-5(2,3)4;;;;;;;/h11-13,15-16H,2-10,14,17H2,1H3;;;;(H2,1,2,3,4);1H2;;;;;;/q;3*+1;;;;;;;2*-1/p-1. The Bertz CT molecular complexity index is 962. The van der Waals surface area contributed by atoms with E-state index < -0.39 is 33.5 Å². The molecule has 1 aromatic carbocycles. The van der Waals surface area contributed by atoms with Crippen LogP contribution in [0, 0.1) is 0 Å². The molecule has 198 valence electrons. The summed E-state index contributed by atoms with van der Waals surface area (Å²) in [6.45, 7) is 2.52. The first-order valence-electron chi connectivity index (χ1n) is 9.94. The van der Waals surface area contributed by atoms with Gasteiger partial charge >= 0.3 is 120 Å². The molecule has 0 saturated carbocycles. The molecule has 17 heteroatoms. The number of hydrogen-bond acceptors (Lipinski definition) is 8. The van der Waals surface area contributed by atoms with Gasteiger partial charge in [0.2, 0.25) is 0 Å². The van der Waals surface area contributed by atoms with Crippen LogP contribution in [-0.2, 0) is 70.9 Å². The molecule has 1 aromatic rings. The van der Waals surface area contributed by atoms with Crippen LogP contribution in [0.25, 0.3) is 0 Å². The van der Waals surface area contributed by atoms with Gasteiger partial charge in [-0.05, 0) is 18.6 Å². The third-order valence-electron chi connectivity index (χ3n) is 3.77. The van der Waals surface area contributed by atoms with Gasteiger partial charge in [0.1, 0.15) is 0 Å². The van der Waals surface area contributed by atoms with Crippen molar-refractivity contribution in [3.8, 4) is 0 Å². The molecular formula is C18H35KMnNaO11S2Ti. The van der Waals surface area contributed by atoms with Gasteiger partial charge < -0.3 is 2.85 Å². The average molecular weight is 656 g/mol. The summed E-state index contributed by atoms with van der Waals surface area (Å²) in [5, 5.41) is 0. The Balaban J connectivity index is -0.000000103. The summed E-state index contributed by atoms with van der Waals surface area (Å²) >= 11 is -5.38. The van der Waals surface area contributed by atoms with Crippen molar-refractivity contribution in [1.82, 2.24) is 0 Å². The van der Waals surface area contributed by atoms with Crippen molar-refractivity contribution in [2.24, 2.45) is 0 Å². The minimum atomic E-state index is -5.38. The summed E-state index contributed by atoms with van der Waals surface area (Å²) in [6, 6.07) is 8.33. The van der Waals surface area contributed by atoms with Crippen LogP contribution in [0.1, 0.15) is 74.0 Å². The Morgan fingerprint density at radius 1 is 0.800 bits per heavy atom. The minimum absolute atomic E-state index is 0. The summed E-state index contributed by atoms with van der Waals surface area (Å²) in [5.74, 6) is 0. The van der Waals surface area contributed by atoms with Crippen molar-refractivity contribution >= 4 is 20.5 Å². The van der Waals surface area contributed by atoms with Crippen LogP contribution in [0.3, 0.4) is 0 Å². The van der Waals surface area contributed by atoms with Crippen LogP contribution in [0.15, 0.2) is 35.2 Å². The van der Waals surface area contributed by atoms with E-state index in [0.29, 0.717) is 0 Å². The first kappa shape index (κ1) is 47.0. The van der Waals surface area contributed by atoms with E-state index in [9.17, 15) is 8.42 Å². The second-order valence-corrected chi connectivity index (χ2v) is 10.4. The zero-order valence-corrected chi connectivity index (χ0v) is 30.0. The van der Waals surface area contributed by atoms with Crippen LogP contribution in [0.4, 0.5) is 0 Å². The van der Waals surface area contributed by atoms with Crippen molar-refractivity contribution in [3.05, 3.63) is 30.3 Å². The zero-order valence-electron chi connectivity index (χ0n) is 22.5. The van der Waals surface area contributed by atoms with Crippen LogP contribution < -0.4 is 80.9 Å². The molecule has 0 atom stereocenters. The maximum atomic E-state index is 11.9. The van der Waals surface area contributed by atoms with E-state index in [2.05, 4.69) is 6.92 Å². The predicted molar refractivity (Wildman–Crippen MR) is 112 cm³/mol. The van der Waals surface area contributed by atoms with E-state index in [-0.39, 0.29) is 117 Å². The molecule has 0 aromatic heterocycles. The van der Waals surface area contributed by atoms with Crippen molar-refractivity contribution in [2.45, 2.75) is 76.0 Å². The summed E-state index contributed by atoms with van der Waals surface area (Å²) in [7, 11) is -8.24.